The standard InChI is InChI=1S/C15H24N2/c1-12-8-13(2)17(10-12)11-15-6-4-14(5-7-15)9-16-3/h4-7,12-13,16H,8-11H2,1-3H3. The third-order valence-electron chi connectivity index (χ3n) is 3.70. The first-order valence-corrected chi connectivity index (χ1v) is 6.65. The highest BCUT2D eigenvalue weighted by atomic mass is 15.2. The molecule has 0 spiro atoms. The Labute approximate surface area is 105 Å². The van der Waals surface area contributed by atoms with Crippen LogP contribution in [0.2, 0.25) is 0 Å². The quantitative estimate of drug-likeness (QED) is 0.858. The van der Waals surface area contributed by atoms with Gasteiger partial charge >= 0.3 is 0 Å². The van der Waals surface area contributed by atoms with Crippen LogP contribution in [0.4, 0.5) is 0 Å². The summed E-state index contributed by atoms with van der Waals surface area (Å²) in [6.07, 6.45) is 1.35. The van der Waals surface area contributed by atoms with Gasteiger partial charge in [0.05, 0.1) is 0 Å². The van der Waals surface area contributed by atoms with Gasteiger partial charge in [0.25, 0.3) is 0 Å². The summed E-state index contributed by atoms with van der Waals surface area (Å²) in [5.74, 6) is 0.855. The Morgan fingerprint density at radius 2 is 1.82 bits per heavy atom. The van der Waals surface area contributed by atoms with E-state index >= 15 is 0 Å². The van der Waals surface area contributed by atoms with Crippen LogP contribution in [-0.2, 0) is 13.1 Å². The van der Waals surface area contributed by atoms with Crippen LogP contribution < -0.4 is 5.32 Å². The van der Waals surface area contributed by atoms with Crippen molar-refractivity contribution in [2.24, 2.45) is 5.92 Å². The van der Waals surface area contributed by atoms with Gasteiger partial charge < -0.3 is 5.32 Å². The van der Waals surface area contributed by atoms with E-state index in [-0.39, 0.29) is 0 Å². The fraction of sp³-hybridized carbons (Fsp3) is 0.600. The zero-order chi connectivity index (χ0) is 12.3. The van der Waals surface area contributed by atoms with E-state index in [1.165, 1.54) is 24.1 Å². The van der Waals surface area contributed by atoms with E-state index in [4.69, 9.17) is 0 Å². The van der Waals surface area contributed by atoms with Crippen molar-refractivity contribution in [2.75, 3.05) is 13.6 Å². The number of likely N-dealkylation sites (tertiary alicyclic amines) is 1. The molecule has 0 aromatic heterocycles. The smallest absolute Gasteiger partial charge is 0.0236 e. The molecule has 1 aromatic rings. The molecule has 1 aromatic carbocycles. The average molecular weight is 232 g/mol. The molecule has 1 aliphatic heterocycles. The molecule has 0 radical (unpaired) electrons. The Morgan fingerprint density at radius 3 is 2.35 bits per heavy atom. The normalized spacial score (nSPS) is 25.4. The zero-order valence-corrected chi connectivity index (χ0v) is 11.2. The Kier molecular flexibility index (Phi) is 4.19. The van der Waals surface area contributed by atoms with Crippen LogP contribution >= 0.6 is 0 Å². The van der Waals surface area contributed by atoms with Crippen molar-refractivity contribution in [2.45, 2.75) is 39.4 Å². The third kappa shape index (κ3) is 3.30. The Hall–Kier alpha value is -0.860. The second kappa shape index (κ2) is 5.65. The van der Waals surface area contributed by atoms with Gasteiger partial charge in [0, 0.05) is 25.7 Å². The van der Waals surface area contributed by atoms with E-state index in [0.29, 0.717) is 0 Å². The molecule has 0 aliphatic carbocycles. The van der Waals surface area contributed by atoms with Gasteiger partial charge in [0.15, 0.2) is 0 Å². The zero-order valence-electron chi connectivity index (χ0n) is 11.2. The van der Waals surface area contributed by atoms with Gasteiger partial charge in [-0.15, -0.1) is 0 Å². The minimum atomic E-state index is 0.738. The monoisotopic (exact) mass is 232 g/mol. The van der Waals surface area contributed by atoms with Crippen LogP contribution in [0.5, 0.6) is 0 Å². The van der Waals surface area contributed by atoms with Crippen molar-refractivity contribution in [3.63, 3.8) is 0 Å². The molecule has 1 fully saturated rings. The number of nitrogens with one attached hydrogen (secondary N) is 1. The van der Waals surface area contributed by atoms with Crippen LogP contribution in [0.3, 0.4) is 0 Å². The maximum absolute atomic E-state index is 3.18. The molecule has 17 heavy (non-hydrogen) atoms. The van der Waals surface area contributed by atoms with Crippen molar-refractivity contribution in [3.8, 4) is 0 Å². The maximum Gasteiger partial charge on any atom is 0.0236 e. The second-order valence-electron chi connectivity index (χ2n) is 5.47. The Balaban J connectivity index is 1.94. The molecule has 2 heteroatoms. The lowest BCUT2D eigenvalue weighted by molar-refractivity contribution is 0.256. The van der Waals surface area contributed by atoms with Crippen LogP contribution in [0.15, 0.2) is 24.3 Å². The molecule has 1 aliphatic rings. The molecule has 2 atom stereocenters. The third-order valence-corrected chi connectivity index (χ3v) is 3.70. The number of benzene rings is 1. The molecule has 2 unspecified atom stereocenters. The lowest BCUT2D eigenvalue weighted by Crippen LogP contribution is -2.26. The van der Waals surface area contributed by atoms with Gasteiger partial charge in [0.2, 0.25) is 0 Å². The molecule has 94 valence electrons. The van der Waals surface area contributed by atoms with Crippen LogP contribution in [0, 0.1) is 5.92 Å². The first-order valence-electron chi connectivity index (χ1n) is 6.65. The predicted molar refractivity (Wildman–Crippen MR) is 72.9 cm³/mol. The summed E-state index contributed by atoms with van der Waals surface area (Å²) in [6, 6.07) is 9.73. The molecule has 1 saturated heterocycles. The molecule has 2 rings (SSSR count). The Bertz CT molecular complexity index is 344. The van der Waals surface area contributed by atoms with Crippen molar-refractivity contribution in [1.82, 2.24) is 10.2 Å². The van der Waals surface area contributed by atoms with Gasteiger partial charge in [-0.3, -0.25) is 4.90 Å². The summed E-state index contributed by atoms with van der Waals surface area (Å²) in [4.78, 5) is 2.59. The first-order chi connectivity index (χ1) is 8.19. The number of rotatable bonds is 4. The topological polar surface area (TPSA) is 15.3 Å². The molecular formula is C15H24N2. The maximum atomic E-state index is 3.18. The van der Waals surface area contributed by atoms with E-state index in [2.05, 4.69) is 48.3 Å². The van der Waals surface area contributed by atoms with Crippen molar-refractivity contribution < 1.29 is 0 Å². The van der Waals surface area contributed by atoms with Crippen LogP contribution in [0.25, 0.3) is 0 Å². The molecule has 0 bridgehead atoms. The molecule has 2 nitrogen and oxygen atoms in total. The Morgan fingerprint density at radius 1 is 1.18 bits per heavy atom. The molecule has 0 amide bonds. The SMILES string of the molecule is CNCc1ccc(CN2CC(C)CC2C)cc1. The highest BCUT2D eigenvalue weighted by Gasteiger charge is 2.25. The van der Waals surface area contributed by atoms with E-state index in [9.17, 15) is 0 Å². The number of hydrogen-bond acceptors (Lipinski definition) is 2. The summed E-state index contributed by atoms with van der Waals surface area (Å²) in [7, 11) is 1.99. The molecule has 0 saturated carbocycles. The number of hydrogen-bond donors (Lipinski definition) is 1. The van der Waals surface area contributed by atoms with Crippen molar-refractivity contribution in [1.29, 1.82) is 0 Å². The fourth-order valence-corrected chi connectivity index (χ4v) is 2.81. The van der Waals surface area contributed by atoms with Gasteiger partial charge in [0.1, 0.15) is 0 Å². The van der Waals surface area contributed by atoms with Crippen molar-refractivity contribution in [3.05, 3.63) is 35.4 Å². The summed E-state index contributed by atoms with van der Waals surface area (Å²) in [5, 5.41) is 3.18. The summed E-state index contributed by atoms with van der Waals surface area (Å²) < 4.78 is 0. The summed E-state index contributed by atoms with van der Waals surface area (Å²) >= 11 is 0. The fourth-order valence-electron chi connectivity index (χ4n) is 2.81. The minimum Gasteiger partial charge on any atom is -0.316 e. The van der Waals surface area contributed by atoms with E-state index < -0.39 is 0 Å². The highest BCUT2D eigenvalue weighted by Crippen LogP contribution is 2.24. The van der Waals surface area contributed by atoms with Gasteiger partial charge in [-0.05, 0) is 37.4 Å². The average Bonchev–Trinajstić information content (AvgIpc) is 2.61. The number of nitrogens with zero attached hydrogens (tertiary/aromatic N) is 1. The largest absolute Gasteiger partial charge is 0.316 e. The highest BCUT2D eigenvalue weighted by molar-refractivity contribution is 5.22. The molecule has 1 N–H and O–H groups in total. The summed E-state index contributed by atoms with van der Waals surface area (Å²) in [5.41, 5.74) is 2.80. The second-order valence-corrected chi connectivity index (χ2v) is 5.47. The van der Waals surface area contributed by atoms with E-state index in [1.807, 2.05) is 7.05 Å². The van der Waals surface area contributed by atoms with E-state index in [0.717, 1.165) is 25.0 Å². The minimum absolute atomic E-state index is 0.738. The predicted octanol–water partition coefficient (Wildman–Crippen LogP) is 2.64. The van der Waals surface area contributed by atoms with Gasteiger partial charge in [-0.25, -0.2) is 0 Å². The van der Waals surface area contributed by atoms with Crippen molar-refractivity contribution >= 4 is 0 Å². The van der Waals surface area contributed by atoms with Crippen LogP contribution in [0.1, 0.15) is 31.4 Å². The van der Waals surface area contributed by atoms with Gasteiger partial charge in [-0.1, -0.05) is 31.2 Å². The lowest BCUT2D eigenvalue weighted by Gasteiger charge is -2.21. The van der Waals surface area contributed by atoms with Gasteiger partial charge in [-0.2, -0.15) is 0 Å². The van der Waals surface area contributed by atoms with E-state index in [1.54, 1.807) is 0 Å². The first kappa shape index (κ1) is 12.6. The van der Waals surface area contributed by atoms with Crippen LogP contribution in [-0.4, -0.2) is 24.5 Å². The molecular weight excluding hydrogens is 208 g/mol. The summed E-state index contributed by atoms with van der Waals surface area (Å²) in [6.45, 7) is 8.01. The lowest BCUT2D eigenvalue weighted by atomic mass is 10.1. The molecule has 1 heterocycles.